The standard InChI is InChI=1S/C23H21ClN2O2S/c1-15-20(24)9-6-10-21(15)26-23(28)22(17-7-4-3-5-8-17)29-19-13-11-18(12-14-19)25-16(2)27/h3-14,22H,1-2H3,(H,25,27)(H,26,28). The van der Waals surface area contributed by atoms with Crippen molar-refractivity contribution in [3.8, 4) is 0 Å². The van der Waals surface area contributed by atoms with E-state index in [1.807, 2.05) is 73.7 Å². The molecule has 0 aromatic heterocycles. The highest BCUT2D eigenvalue weighted by molar-refractivity contribution is 8.00. The second kappa shape index (κ2) is 9.63. The highest BCUT2D eigenvalue weighted by Gasteiger charge is 2.23. The first-order valence-electron chi connectivity index (χ1n) is 9.09. The van der Waals surface area contributed by atoms with Crippen molar-refractivity contribution in [1.29, 1.82) is 0 Å². The molecule has 0 fully saturated rings. The summed E-state index contributed by atoms with van der Waals surface area (Å²) < 4.78 is 0. The second-order valence-corrected chi connectivity index (χ2v) is 8.10. The van der Waals surface area contributed by atoms with Crippen LogP contribution < -0.4 is 10.6 Å². The molecule has 3 aromatic carbocycles. The van der Waals surface area contributed by atoms with Gasteiger partial charge in [-0.2, -0.15) is 0 Å². The van der Waals surface area contributed by atoms with Gasteiger partial charge >= 0.3 is 0 Å². The Morgan fingerprint density at radius 3 is 2.24 bits per heavy atom. The Bertz CT molecular complexity index is 1010. The fourth-order valence-corrected chi connectivity index (χ4v) is 4.00. The van der Waals surface area contributed by atoms with Crippen LogP contribution in [0.3, 0.4) is 0 Å². The van der Waals surface area contributed by atoms with Gasteiger partial charge in [-0.3, -0.25) is 9.59 Å². The van der Waals surface area contributed by atoms with E-state index in [9.17, 15) is 9.59 Å². The van der Waals surface area contributed by atoms with E-state index < -0.39 is 5.25 Å². The van der Waals surface area contributed by atoms with Gasteiger partial charge in [0.1, 0.15) is 5.25 Å². The number of halogens is 1. The number of rotatable bonds is 6. The third-order valence-electron chi connectivity index (χ3n) is 4.29. The Labute approximate surface area is 179 Å². The normalized spacial score (nSPS) is 11.6. The molecule has 0 saturated carbocycles. The number of anilines is 2. The quantitative estimate of drug-likeness (QED) is 0.471. The van der Waals surface area contributed by atoms with E-state index in [4.69, 9.17) is 11.6 Å². The van der Waals surface area contributed by atoms with Crippen LogP contribution in [0.4, 0.5) is 11.4 Å². The molecule has 4 nitrogen and oxygen atoms in total. The van der Waals surface area contributed by atoms with Crippen molar-refractivity contribution >= 4 is 46.6 Å². The maximum Gasteiger partial charge on any atom is 0.242 e. The van der Waals surface area contributed by atoms with Crippen LogP contribution in [0.15, 0.2) is 77.7 Å². The molecule has 1 atom stereocenters. The van der Waals surface area contributed by atoms with E-state index in [1.165, 1.54) is 18.7 Å². The zero-order chi connectivity index (χ0) is 20.8. The Morgan fingerprint density at radius 2 is 1.59 bits per heavy atom. The lowest BCUT2D eigenvalue weighted by Gasteiger charge is -2.18. The third-order valence-corrected chi connectivity index (χ3v) is 5.97. The number of carbonyl (C=O) groups is 2. The molecule has 2 amide bonds. The van der Waals surface area contributed by atoms with Gasteiger partial charge in [-0.15, -0.1) is 11.8 Å². The summed E-state index contributed by atoms with van der Waals surface area (Å²) in [5.74, 6) is -0.249. The number of thioether (sulfide) groups is 1. The molecule has 3 aromatic rings. The Morgan fingerprint density at radius 1 is 0.897 bits per heavy atom. The van der Waals surface area contributed by atoms with E-state index in [0.29, 0.717) is 10.7 Å². The monoisotopic (exact) mass is 424 g/mol. The van der Waals surface area contributed by atoms with E-state index in [-0.39, 0.29) is 11.8 Å². The van der Waals surface area contributed by atoms with E-state index in [1.54, 1.807) is 6.07 Å². The molecule has 1 unspecified atom stereocenters. The van der Waals surface area contributed by atoms with Crippen molar-refractivity contribution in [2.24, 2.45) is 0 Å². The van der Waals surface area contributed by atoms with Crippen molar-refractivity contribution in [2.45, 2.75) is 24.0 Å². The first kappa shape index (κ1) is 21.0. The fourth-order valence-electron chi connectivity index (χ4n) is 2.80. The number of benzene rings is 3. The molecule has 2 N–H and O–H groups in total. The van der Waals surface area contributed by atoms with Gasteiger partial charge in [0.05, 0.1) is 0 Å². The molecule has 6 heteroatoms. The number of hydrogen-bond acceptors (Lipinski definition) is 3. The first-order valence-corrected chi connectivity index (χ1v) is 10.3. The summed E-state index contributed by atoms with van der Waals surface area (Å²) in [6.07, 6.45) is 0. The molecule has 3 rings (SSSR count). The first-order chi connectivity index (χ1) is 13.9. The summed E-state index contributed by atoms with van der Waals surface area (Å²) in [7, 11) is 0. The number of nitrogens with one attached hydrogen (secondary N) is 2. The lowest BCUT2D eigenvalue weighted by Crippen LogP contribution is -2.19. The SMILES string of the molecule is CC(=O)Nc1ccc(SC(C(=O)Nc2cccc(Cl)c2C)c2ccccc2)cc1. The molecule has 29 heavy (non-hydrogen) atoms. The van der Waals surface area contributed by atoms with Crippen molar-refractivity contribution in [3.05, 3.63) is 88.9 Å². The van der Waals surface area contributed by atoms with E-state index in [2.05, 4.69) is 10.6 Å². The zero-order valence-electron chi connectivity index (χ0n) is 16.1. The minimum atomic E-state index is -0.443. The van der Waals surface area contributed by atoms with Gasteiger partial charge in [-0.25, -0.2) is 0 Å². The van der Waals surface area contributed by atoms with E-state index in [0.717, 1.165) is 21.7 Å². The average Bonchev–Trinajstić information content (AvgIpc) is 2.71. The van der Waals surface area contributed by atoms with Gasteiger partial charge in [-0.05, 0) is 54.4 Å². The molecule has 0 heterocycles. The topological polar surface area (TPSA) is 58.2 Å². The fraction of sp³-hybridized carbons (Fsp3) is 0.130. The minimum Gasteiger partial charge on any atom is -0.326 e. The largest absolute Gasteiger partial charge is 0.326 e. The molecule has 0 aliphatic heterocycles. The smallest absolute Gasteiger partial charge is 0.242 e. The van der Waals surface area contributed by atoms with Crippen molar-refractivity contribution in [1.82, 2.24) is 0 Å². The van der Waals surface area contributed by atoms with Crippen molar-refractivity contribution in [3.63, 3.8) is 0 Å². The minimum absolute atomic E-state index is 0.121. The van der Waals surface area contributed by atoms with Gasteiger partial charge < -0.3 is 10.6 Å². The summed E-state index contributed by atoms with van der Waals surface area (Å²) in [5.41, 5.74) is 3.15. The maximum absolute atomic E-state index is 13.2. The highest BCUT2D eigenvalue weighted by Crippen LogP contribution is 2.37. The Balaban J connectivity index is 1.84. The maximum atomic E-state index is 13.2. The van der Waals surface area contributed by atoms with Gasteiger partial charge in [-0.1, -0.05) is 48.0 Å². The molecule has 0 spiro atoms. The van der Waals surface area contributed by atoms with Crippen molar-refractivity contribution < 1.29 is 9.59 Å². The predicted molar refractivity (Wildman–Crippen MR) is 121 cm³/mol. The van der Waals surface area contributed by atoms with Crippen LogP contribution in [0.2, 0.25) is 5.02 Å². The van der Waals surface area contributed by atoms with Crippen LogP contribution in [0.25, 0.3) is 0 Å². The number of amides is 2. The van der Waals surface area contributed by atoms with Gasteiger partial charge in [0.15, 0.2) is 0 Å². The number of carbonyl (C=O) groups excluding carboxylic acids is 2. The lowest BCUT2D eigenvalue weighted by molar-refractivity contribution is -0.116. The summed E-state index contributed by atoms with van der Waals surface area (Å²) in [6.45, 7) is 3.35. The third kappa shape index (κ3) is 5.62. The average molecular weight is 425 g/mol. The molecule has 0 bridgehead atoms. The molecule has 148 valence electrons. The highest BCUT2D eigenvalue weighted by atomic mass is 35.5. The molecule has 0 aliphatic carbocycles. The molecule has 0 aliphatic rings. The second-order valence-electron chi connectivity index (χ2n) is 6.52. The summed E-state index contributed by atoms with van der Waals surface area (Å²) >= 11 is 7.64. The Hall–Kier alpha value is -2.76. The van der Waals surface area contributed by atoms with Gasteiger partial charge in [0.2, 0.25) is 11.8 Å². The van der Waals surface area contributed by atoms with Crippen LogP contribution in [-0.4, -0.2) is 11.8 Å². The molecule has 0 saturated heterocycles. The summed E-state index contributed by atoms with van der Waals surface area (Å²) in [6, 6.07) is 22.5. The number of hydrogen-bond donors (Lipinski definition) is 2. The Kier molecular flexibility index (Phi) is 6.96. The summed E-state index contributed by atoms with van der Waals surface area (Å²) in [5, 5.41) is 5.92. The zero-order valence-corrected chi connectivity index (χ0v) is 17.7. The lowest BCUT2D eigenvalue weighted by atomic mass is 10.1. The van der Waals surface area contributed by atoms with Crippen LogP contribution in [-0.2, 0) is 9.59 Å². The van der Waals surface area contributed by atoms with Crippen LogP contribution in [0.1, 0.15) is 23.3 Å². The van der Waals surface area contributed by atoms with E-state index >= 15 is 0 Å². The van der Waals surface area contributed by atoms with Crippen LogP contribution in [0.5, 0.6) is 0 Å². The van der Waals surface area contributed by atoms with Crippen LogP contribution >= 0.6 is 23.4 Å². The summed E-state index contributed by atoms with van der Waals surface area (Å²) in [4.78, 5) is 25.3. The molecular weight excluding hydrogens is 404 g/mol. The van der Waals surface area contributed by atoms with Crippen molar-refractivity contribution in [2.75, 3.05) is 10.6 Å². The molecule has 0 radical (unpaired) electrons. The predicted octanol–water partition coefficient (Wildman–Crippen LogP) is 6.08. The van der Waals surface area contributed by atoms with Gasteiger partial charge in [0.25, 0.3) is 0 Å². The molecular formula is C23H21ClN2O2S. The van der Waals surface area contributed by atoms with Gasteiger partial charge in [0, 0.05) is 28.2 Å². The van der Waals surface area contributed by atoms with Crippen LogP contribution in [0, 0.1) is 6.92 Å².